The minimum Gasteiger partial charge on any atom is -0.489 e. The van der Waals surface area contributed by atoms with Crippen molar-refractivity contribution < 1.29 is 9.53 Å². The van der Waals surface area contributed by atoms with E-state index in [0.717, 1.165) is 16.1 Å². The van der Waals surface area contributed by atoms with E-state index in [1.807, 2.05) is 48.7 Å². The molecule has 0 fully saturated rings. The minimum atomic E-state index is -0.198. The van der Waals surface area contributed by atoms with Gasteiger partial charge in [0.2, 0.25) is 0 Å². The summed E-state index contributed by atoms with van der Waals surface area (Å²) in [5.41, 5.74) is 2.65. The molecule has 0 aliphatic rings. The Balaban J connectivity index is 1.69. The number of benzene rings is 3. The van der Waals surface area contributed by atoms with Crippen molar-refractivity contribution in [2.45, 2.75) is 11.5 Å². The number of carbonyl (C=O) groups is 1. The maximum absolute atomic E-state index is 12.5. The molecule has 0 unspecified atom stereocenters. The number of amides is 1. The quantitative estimate of drug-likeness (QED) is 0.609. The van der Waals surface area contributed by atoms with E-state index in [4.69, 9.17) is 10.00 Å². The summed E-state index contributed by atoms with van der Waals surface area (Å²) in [4.78, 5) is 13.6. The summed E-state index contributed by atoms with van der Waals surface area (Å²) in [6, 6.07) is 24.1. The van der Waals surface area contributed by atoms with Crippen LogP contribution in [-0.2, 0) is 6.61 Å². The van der Waals surface area contributed by atoms with E-state index in [1.54, 1.807) is 42.1 Å². The van der Waals surface area contributed by atoms with Crippen LogP contribution in [0.1, 0.15) is 21.5 Å². The molecule has 3 aromatic carbocycles. The number of hydrogen-bond donors (Lipinski definition) is 1. The molecule has 0 bridgehead atoms. The number of rotatable bonds is 6. The molecule has 1 N–H and O–H groups in total. The second kappa shape index (κ2) is 8.93. The Morgan fingerprint density at radius 3 is 2.70 bits per heavy atom. The third-order valence-electron chi connectivity index (χ3n) is 3.96. The molecule has 0 atom stereocenters. The first-order valence-electron chi connectivity index (χ1n) is 8.36. The lowest BCUT2D eigenvalue weighted by atomic mass is 10.1. The van der Waals surface area contributed by atoms with Crippen LogP contribution in [0.5, 0.6) is 5.75 Å². The summed E-state index contributed by atoms with van der Waals surface area (Å²) < 4.78 is 5.78. The van der Waals surface area contributed by atoms with Gasteiger partial charge in [-0.1, -0.05) is 30.3 Å². The maximum atomic E-state index is 12.5. The third-order valence-corrected chi connectivity index (χ3v) is 4.68. The first-order chi connectivity index (χ1) is 13.2. The Kier molecular flexibility index (Phi) is 6.14. The van der Waals surface area contributed by atoms with Crippen molar-refractivity contribution in [2.75, 3.05) is 11.6 Å². The van der Waals surface area contributed by atoms with Gasteiger partial charge in [-0.2, -0.15) is 5.26 Å². The van der Waals surface area contributed by atoms with Crippen molar-refractivity contribution in [3.05, 3.63) is 89.5 Å². The molecule has 0 aromatic heterocycles. The highest BCUT2D eigenvalue weighted by atomic mass is 32.2. The Morgan fingerprint density at radius 2 is 1.89 bits per heavy atom. The molecule has 134 valence electrons. The molecule has 0 aliphatic heterocycles. The Morgan fingerprint density at radius 1 is 1.07 bits per heavy atom. The van der Waals surface area contributed by atoms with Gasteiger partial charge in [0.15, 0.2) is 0 Å². The van der Waals surface area contributed by atoms with Crippen molar-refractivity contribution in [3.8, 4) is 11.8 Å². The van der Waals surface area contributed by atoms with Gasteiger partial charge < -0.3 is 10.1 Å². The Labute approximate surface area is 162 Å². The highest BCUT2D eigenvalue weighted by molar-refractivity contribution is 7.98. The number of ether oxygens (including phenoxy) is 1. The zero-order valence-electron chi connectivity index (χ0n) is 14.8. The highest BCUT2D eigenvalue weighted by Crippen LogP contribution is 2.21. The second-order valence-corrected chi connectivity index (χ2v) is 6.65. The van der Waals surface area contributed by atoms with Crippen LogP contribution in [0.25, 0.3) is 0 Å². The predicted molar refractivity (Wildman–Crippen MR) is 108 cm³/mol. The molecule has 0 saturated heterocycles. The number of hydrogen-bond acceptors (Lipinski definition) is 4. The van der Waals surface area contributed by atoms with E-state index in [9.17, 15) is 4.79 Å². The Hall–Kier alpha value is -3.23. The Bertz CT molecular complexity index is 995. The average Bonchev–Trinajstić information content (AvgIpc) is 2.72. The lowest BCUT2D eigenvalue weighted by molar-refractivity contribution is 0.102. The fourth-order valence-electron chi connectivity index (χ4n) is 2.55. The fourth-order valence-corrected chi connectivity index (χ4v) is 3.01. The molecule has 3 aromatic rings. The van der Waals surface area contributed by atoms with Crippen molar-refractivity contribution in [1.82, 2.24) is 0 Å². The van der Waals surface area contributed by atoms with Gasteiger partial charge in [0.05, 0.1) is 11.6 Å². The minimum absolute atomic E-state index is 0.198. The van der Waals surface area contributed by atoms with Crippen LogP contribution < -0.4 is 10.1 Å². The number of nitrogens with one attached hydrogen (secondary N) is 1. The SMILES string of the molecule is CSc1cccc(NC(=O)c2cccc(OCc3ccccc3C#N)c2)c1. The van der Waals surface area contributed by atoms with Crippen LogP contribution in [0.4, 0.5) is 5.69 Å². The zero-order valence-corrected chi connectivity index (χ0v) is 15.6. The summed E-state index contributed by atoms with van der Waals surface area (Å²) in [5.74, 6) is 0.379. The molecule has 4 nitrogen and oxygen atoms in total. The third kappa shape index (κ3) is 4.90. The van der Waals surface area contributed by atoms with Crippen LogP contribution >= 0.6 is 11.8 Å². The lowest BCUT2D eigenvalue weighted by Crippen LogP contribution is -2.12. The van der Waals surface area contributed by atoms with Crippen LogP contribution in [0, 0.1) is 11.3 Å². The predicted octanol–water partition coefficient (Wildman–Crippen LogP) is 5.11. The number of carbonyl (C=O) groups excluding carboxylic acids is 1. The molecule has 27 heavy (non-hydrogen) atoms. The van der Waals surface area contributed by atoms with E-state index in [2.05, 4.69) is 11.4 Å². The summed E-state index contributed by atoms with van der Waals surface area (Å²) in [5, 5.41) is 12.1. The van der Waals surface area contributed by atoms with Crippen molar-refractivity contribution in [1.29, 1.82) is 5.26 Å². The van der Waals surface area contributed by atoms with E-state index < -0.39 is 0 Å². The largest absolute Gasteiger partial charge is 0.489 e. The van der Waals surface area contributed by atoms with Gasteiger partial charge in [0.25, 0.3) is 5.91 Å². The van der Waals surface area contributed by atoms with E-state index in [1.165, 1.54) is 0 Å². The van der Waals surface area contributed by atoms with Crippen molar-refractivity contribution in [3.63, 3.8) is 0 Å². The first kappa shape index (κ1) is 18.6. The standard InChI is InChI=1S/C22H18N2O2S/c1-27-21-11-5-9-19(13-21)24-22(25)16-8-4-10-20(12-16)26-15-18-7-3-2-6-17(18)14-23/h2-13H,15H2,1H3,(H,24,25). The monoisotopic (exact) mass is 374 g/mol. The summed E-state index contributed by atoms with van der Waals surface area (Å²) in [6.45, 7) is 0.268. The van der Waals surface area contributed by atoms with E-state index >= 15 is 0 Å². The van der Waals surface area contributed by atoms with Gasteiger partial charge in [0.1, 0.15) is 12.4 Å². The summed E-state index contributed by atoms with van der Waals surface area (Å²) in [7, 11) is 0. The fraction of sp³-hybridized carbons (Fsp3) is 0.0909. The maximum Gasteiger partial charge on any atom is 0.255 e. The van der Waals surface area contributed by atoms with Crippen LogP contribution in [-0.4, -0.2) is 12.2 Å². The zero-order chi connectivity index (χ0) is 19.1. The number of thioether (sulfide) groups is 1. The van der Waals surface area contributed by atoms with E-state index in [0.29, 0.717) is 16.9 Å². The van der Waals surface area contributed by atoms with Gasteiger partial charge >= 0.3 is 0 Å². The smallest absolute Gasteiger partial charge is 0.255 e. The molecular weight excluding hydrogens is 356 g/mol. The van der Waals surface area contributed by atoms with Gasteiger partial charge in [-0.25, -0.2) is 0 Å². The first-order valence-corrected chi connectivity index (χ1v) is 9.58. The van der Waals surface area contributed by atoms with Gasteiger partial charge in [-0.05, 0) is 48.7 Å². The van der Waals surface area contributed by atoms with Gasteiger partial charge in [-0.15, -0.1) is 11.8 Å². The molecule has 1 amide bonds. The average molecular weight is 374 g/mol. The normalized spacial score (nSPS) is 10.1. The molecule has 0 heterocycles. The van der Waals surface area contributed by atoms with Gasteiger partial charge in [0, 0.05) is 21.7 Å². The number of nitriles is 1. The summed E-state index contributed by atoms with van der Waals surface area (Å²) >= 11 is 1.62. The molecule has 0 saturated carbocycles. The molecule has 0 radical (unpaired) electrons. The molecule has 0 spiro atoms. The topological polar surface area (TPSA) is 62.1 Å². The van der Waals surface area contributed by atoms with Crippen LogP contribution in [0.15, 0.2) is 77.7 Å². The van der Waals surface area contributed by atoms with E-state index in [-0.39, 0.29) is 12.5 Å². The summed E-state index contributed by atoms with van der Waals surface area (Å²) in [6.07, 6.45) is 1.99. The van der Waals surface area contributed by atoms with Crippen LogP contribution in [0.2, 0.25) is 0 Å². The highest BCUT2D eigenvalue weighted by Gasteiger charge is 2.09. The molecular formula is C22H18N2O2S. The molecule has 3 rings (SSSR count). The van der Waals surface area contributed by atoms with Crippen molar-refractivity contribution in [2.24, 2.45) is 0 Å². The number of anilines is 1. The second-order valence-electron chi connectivity index (χ2n) is 5.77. The van der Waals surface area contributed by atoms with Crippen molar-refractivity contribution >= 4 is 23.4 Å². The lowest BCUT2D eigenvalue weighted by Gasteiger charge is -2.10. The van der Waals surface area contributed by atoms with Crippen LogP contribution in [0.3, 0.4) is 0 Å². The number of nitrogens with zero attached hydrogens (tertiary/aromatic N) is 1. The molecule has 5 heteroatoms. The van der Waals surface area contributed by atoms with Gasteiger partial charge in [-0.3, -0.25) is 4.79 Å². The molecule has 0 aliphatic carbocycles.